The van der Waals surface area contributed by atoms with Gasteiger partial charge >= 0.3 is 6.09 Å². The number of ether oxygens (including phenoxy) is 2. The van der Waals surface area contributed by atoms with Gasteiger partial charge in [0.2, 0.25) is 5.95 Å². The lowest BCUT2D eigenvalue weighted by molar-refractivity contribution is 0.0675. The maximum absolute atomic E-state index is 12.1. The van der Waals surface area contributed by atoms with Gasteiger partial charge in [0.05, 0.1) is 24.2 Å². The van der Waals surface area contributed by atoms with Gasteiger partial charge < -0.3 is 20.1 Å². The number of imidazole rings is 1. The van der Waals surface area contributed by atoms with Crippen LogP contribution in [0.3, 0.4) is 0 Å². The number of anilines is 2. The minimum absolute atomic E-state index is 0.108. The second-order valence-corrected chi connectivity index (χ2v) is 9.13. The van der Waals surface area contributed by atoms with E-state index in [4.69, 9.17) is 14.5 Å². The standard InChI is InChI=1S/C22H25N9O3/c1-22(3-4-22)27-21(32)34-14-7-17(33-12-14)16-8-18(29-28-16)26-20-25-15(13-10-24-30(2)11-13)9-19-23-5-6-31(19)20/h5-6,8-11,14,17H,3-4,7,12H2,1-2H3,(H,27,32)(H2,25,26,28,29). The zero-order valence-electron chi connectivity index (χ0n) is 18.9. The first-order valence-electron chi connectivity index (χ1n) is 11.2. The number of H-pyrrole nitrogens is 1. The Morgan fingerprint density at radius 3 is 3.03 bits per heavy atom. The Labute approximate surface area is 194 Å². The van der Waals surface area contributed by atoms with Gasteiger partial charge in [-0.05, 0) is 19.8 Å². The average molecular weight is 464 g/mol. The first kappa shape index (κ1) is 20.7. The van der Waals surface area contributed by atoms with E-state index in [0.717, 1.165) is 35.4 Å². The summed E-state index contributed by atoms with van der Waals surface area (Å²) in [6.45, 7) is 2.36. The molecule has 0 radical (unpaired) electrons. The third kappa shape index (κ3) is 4.07. The summed E-state index contributed by atoms with van der Waals surface area (Å²) >= 11 is 0. The fraction of sp³-hybridized carbons (Fsp3) is 0.409. The molecule has 3 N–H and O–H groups in total. The Morgan fingerprint density at radius 2 is 2.24 bits per heavy atom. The number of hydrogen-bond acceptors (Lipinski definition) is 8. The SMILES string of the molecule is Cn1cc(-c2cc3nccn3c(Nc3cc(C4CC(OC(=O)NC5(C)CC5)CO4)[nH]n3)n2)cn1. The van der Waals surface area contributed by atoms with Crippen LogP contribution < -0.4 is 10.6 Å². The van der Waals surface area contributed by atoms with Gasteiger partial charge in [0.1, 0.15) is 17.9 Å². The quantitative estimate of drug-likeness (QED) is 0.397. The van der Waals surface area contributed by atoms with Crippen molar-refractivity contribution in [1.29, 1.82) is 0 Å². The summed E-state index contributed by atoms with van der Waals surface area (Å²) in [5.41, 5.74) is 3.09. The molecule has 6 rings (SSSR count). The van der Waals surface area contributed by atoms with E-state index in [2.05, 4.69) is 30.9 Å². The molecule has 1 amide bonds. The van der Waals surface area contributed by atoms with Crippen LogP contribution in [0.25, 0.3) is 16.9 Å². The lowest BCUT2D eigenvalue weighted by Crippen LogP contribution is -2.37. The Kier molecular flexibility index (Phi) is 4.76. The van der Waals surface area contributed by atoms with E-state index >= 15 is 0 Å². The molecule has 2 aliphatic rings. The van der Waals surface area contributed by atoms with Gasteiger partial charge in [-0.3, -0.25) is 14.2 Å². The van der Waals surface area contributed by atoms with Gasteiger partial charge in [0, 0.05) is 55.3 Å². The maximum atomic E-state index is 12.1. The summed E-state index contributed by atoms with van der Waals surface area (Å²) in [4.78, 5) is 21.2. The number of aromatic nitrogens is 7. The number of carbonyl (C=O) groups excluding carboxylic acids is 1. The molecule has 12 nitrogen and oxygen atoms in total. The van der Waals surface area contributed by atoms with Gasteiger partial charge in [-0.25, -0.2) is 14.8 Å². The molecule has 0 aromatic carbocycles. The number of nitrogens with one attached hydrogen (secondary N) is 3. The second-order valence-electron chi connectivity index (χ2n) is 9.13. The Hall–Kier alpha value is -3.93. The predicted octanol–water partition coefficient (Wildman–Crippen LogP) is 2.71. The van der Waals surface area contributed by atoms with E-state index in [1.54, 1.807) is 17.1 Å². The summed E-state index contributed by atoms with van der Waals surface area (Å²) in [7, 11) is 1.86. The molecule has 2 fully saturated rings. The van der Waals surface area contributed by atoms with E-state index in [9.17, 15) is 4.79 Å². The number of aryl methyl sites for hydroxylation is 1. The number of aromatic amines is 1. The van der Waals surface area contributed by atoms with Crippen molar-refractivity contribution < 1.29 is 14.3 Å². The molecule has 1 aliphatic carbocycles. The van der Waals surface area contributed by atoms with Crippen molar-refractivity contribution in [1.82, 2.24) is 39.7 Å². The number of carbonyl (C=O) groups is 1. The number of amides is 1. The zero-order valence-corrected chi connectivity index (χ0v) is 18.9. The van der Waals surface area contributed by atoms with Crippen LogP contribution in [0.1, 0.15) is 38.0 Å². The molecule has 12 heteroatoms. The molecule has 176 valence electrons. The van der Waals surface area contributed by atoms with Crippen LogP contribution >= 0.6 is 0 Å². The zero-order chi connectivity index (χ0) is 23.3. The lowest BCUT2D eigenvalue weighted by Gasteiger charge is -2.15. The minimum Gasteiger partial charge on any atom is -0.444 e. The topological polar surface area (TPSA) is 136 Å². The summed E-state index contributed by atoms with van der Waals surface area (Å²) in [5, 5.41) is 17.8. The molecule has 1 aliphatic heterocycles. The molecule has 4 aromatic rings. The van der Waals surface area contributed by atoms with Crippen molar-refractivity contribution in [2.45, 2.75) is 43.9 Å². The minimum atomic E-state index is -0.384. The molecular weight excluding hydrogens is 438 g/mol. The Balaban J connectivity index is 1.15. The first-order chi connectivity index (χ1) is 16.4. The van der Waals surface area contributed by atoms with Gasteiger partial charge in [-0.15, -0.1) is 0 Å². The normalized spacial score (nSPS) is 21.0. The number of nitrogens with zero attached hydrogens (tertiary/aromatic N) is 6. The maximum Gasteiger partial charge on any atom is 0.407 e. The number of hydrogen-bond donors (Lipinski definition) is 3. The molecular formula is C22H25N9O3. The van der Waals surface area contributed by atoms with Crippen molar-refractivity contribution in [2.24, 2.45) is 7.05 Å². The van der Waals surface area contributed by atoms with Crippen LogP contribution in [0, 0.1) is 0 Å². The molecule has 2 atom stereocenters. The van der Waals surface area contributed by atoms with E-state index in [1.807, 2.05) is 42.9 Å². The van der Waals surface area contributed by atoms with Gasteiger partial charge in [-0.1, -0.05) is 0 Å². The van der Waals surface area contributed by atoms with Crippen molar-refractivity contribution in [2.75, 3.05) is 11.9 Å². The Bertz CT molecular complexity index is 1350. The lowest BCUT2D eigenvalue weighted by atomic mass is 10.1. The second kappa shape index (κ2) is 7.83. The van der Waals surface area contributed by atoms with Gasteiger partial charge in [0.15, 0.2) is 5.82 Å². The number of rotatable bonds is 6. The molecule has 5 heterocycles. The highest BCUT2D eigenvalue weighted by Gasteiger charge is 2.40. The summed E-state index contributed by atoms with van der Waals surface area (Å²) < 4.78 is 15.0. The molecule has 0 spiro atoms. The van der Waals surface area contributed by atoms with Crippen LogP contribution in [0.15, 0.2) is 36.9 Å². The highest BCUT2D eigenvalue weighted by molar-refractivity contribution is 5.69. The van der Waals surface area contributed by atoms with Crippen LogP contribution in [0.2, 0.25) is 0 Å². The van der Waals surface area contributed by atoms with Crippen molar-refractivity contribution >= 4 is 23.5 Å². The first-order valence-corrected chi connectivity index (χ1v) is 11.2. The average Bonchev–Trinajstić information content (AvgIpc) is 3.35. The molecule has 1 saturated heterocycles. The molecule has 2 unspecified atom stereocenters. The van der Waals surface area contributed by atoms with Crippen LogP contribution in [-0.4, -0.2) is 58.7 Å². The van der Waals surface area contributed by atoms with Crippen LogP contribution in [0.4, 0.5) is 16.6 Å². The van der Waals surface area contributed by atoms with Crippen molar-refractivity contribution in [3.8, 4) is 11.3 Å². The number of fused-ring (bicyclic) bond motifs is 1. The number of alkyl carbamates (subject to hydrolysis) is 1. The van der Waals surface area contributed by atoms with E-state index in [-0.39, 0.29) is 23.8 Å². The third-order valence-corrected chi connectivity index (χ3v) is 6.21. The van der Waals surface area contributed by atoms with E-state index < -0.39 is 0 Å². The molecule has 34 heavy (non-hydrogen) atoms. The predicted molar refractivity (Wildman–Crippen MR) is 121 cm³/mol. The van der Waals surface area contributed by atoms with E-state index in [0.29, 0.717) is 24.8 Å². The molecule has 0 bridgehead atoms. The van der Waals surface area contributed by atoms with Crippen molar-refractivity contribution in [3.05, 3.63) is 42.6 Å². The monoisotopic (exact) mass is 463 g/mol. The summed E-state index contributed by atoms with van der Waals surface area (Å²) in [5.74, 6) is 1.17. The fourth-order valence-electron chi connectivity index (χ4n) is 4.03. The third-order valence-electron chi connectivity index (χ3n) is 6.21. The summed E-state index contributed by atoms with van der Waals surface area (Å²) in [6.07, 6.45) is 8.84. The molecule has 4 aromatic heterocycles. The Morgan fingerprint density at radius 1 is 1.35 bits per heavy atom. The highest BCUT2D eigenvalue weighted by atomic mass is 16.6. The smallest absolute Gasteiger partial charge is 0.407 e. The fourth-order valence-corrected chi connectivity index (χ4v) is 4.03. The molecule has 1 saturated carbocycles. The van der Waals surface area contributed by atoms with Crippen LogP contribution in [0.5, 0.6) is 0 Å². The largest absolute Gasteiger partial charge is 0.444 e. The van der Waals surface area contributed by atoms with E-state index in [1.165, 1.54) is 0 Å². The highest BCUT2D eigenvalue weighted by Crippen LogP contribution is 2.35. The van der Waals surface area contributed by atoms with Crippen LogP contribution in [-0.2, 0) is 16.5 Å². The van der Waals surface area contributed by atoms with Gasteiger partial charge in [-0.2, -0.15) is 10.2 Å². The summed E-state index contributed by atoms with van der Waals surface area (Å²) in [6, 6.07) is 3.78. The van der Waals surface area contributed by atoms with Crippen molar-refractivity contribution in [3.63, 3.8) is 0 Å². The van der Waals surface area contributed by atoms with Gasteiger partial charge in [0.25, 0.3) is 0 Å².